The maximum Gasteiger partial charge on any atom is 0.326 e. The lowest BCUT2D eigenvalue weighted by Gasteiger charge is -2.26. The van der Waals surface area contributed by atoms with Gasteiger partial charge in [0.25, 0.3) is 0 Å². The molecule has 0 saturated carbocycles. The SMILES string of the molecule is CC(C)CC(NC(=O)C(N)Cc1ccccc1)C(=O)NC(Cc1c[nH]c2ccccc12)C(=O)NC(CCC(=O)O)C(=O)O. The van der Waals surface area contributed by atoms with Crippen molar-refractivity contribution in [3.8, 4) is 0 Å². The van der Waals surface area contributed by atoms with Crippen LogP contribution in [0, 0.1) is 5.92 Å². The fraction of sp³-hybridized carbons (Fsp3) is 0.387. The number of hydrogen-bond donors (Lipinski definition) is 7. The minimum absolute atomic E-state index is 0.00270. The summed E-state index contributed by atoms with van der Waals surface area (Å²) in [6.45, 7) is 3.76. The van der Waals surface area contributed by atoms with E-state index in [1.54, 1.807) is 6.20 Å². The molecule has 1 heterocycles. The molecule has 3 rings (SSSR count). The summed E-state index contributed by atoms with van der Waals surface area (Å²) in [6.07, 6.45) is 1.42. The van der Waals surface area contributed by atoms with Crippen molar-refractivity contribution in [3.63, 3.8) is 0 Å². The van der Waals surface area contributed by atoms with Crippen LogP contribution in [0.25, 0.3) is 10.9 Å². The molecule has 0 aliphatic heterocycles. The Kier molecular flexibility index (Phi) is 11.8. The molecule has 0 saturated heterocycles. The fourth-order valence-corrected chi connectivity index (χ4v) is 4.74. The standard InChI is InChI=1S/C31H39N5O7/c1-18(2)14-25(35-28(39)22(32)15-19-8-4-3-5-9-19)29(40)36-26(16-20-17-33-23-11-7-6-10-21(20)23)30(41)34-24(31(42)43)12-13-27(37)38/h3-11,17-18,22,24-26,33H,12-16,32H2,1-2H3,(H,34,41)(H,35,39)(H,36,40)(H,37,38)(H,42,43). The third kappa shape index (κ3) is 9.96. The van der Waals surface area contributed by atoms with E-state index < -0.39 is 60.2 Å². The minimum atomic E-state index is -1.48. The van der Waals surface area contributed by atoms with E-state index >= 15 is 0 Å². The number of fused-ring (bicyclic) bond motifs is 1. The number of para-hydroxylation sites is 1. The number of rotatable bonds is 16. The summed E-state index contributed by atoms with van der Waals surface area (Å²) in [5.41, 5.74) is 8.52. The van der Waals surface area contributed by atoms with Crippen molar-refractivity contribution < 1.29 is 34.2 Å². The molecule has 4 unspecified atom stereocenters. The van der Waals surface area contributed by atoms with Gasteiger partial charge >= 0.3 is 11.9 Å². The van der Waals surface area contributed by atoms with E-state index in [1.165, 1.54) is 0 Å². The van der Waals surface area contributed by atoms with Gasteiger partial charge in [-0.3, -0.25) is 19.2 Å². The highest BCUT2D eigenvalue weighted by atomic mass is 16.4. The fourth-order valence-electron chi connectivity index (χ4n) is 4.74. The molecule has 43 heavy (non-hydrogen) atoms. The van der Waals surface area contributed by atoms with Crippen molar-refractivity contribution >= 4 is 40.6 Å². The molecule has 0 aliphatic rings. The Morgan fingerprint density at radius 2 is 1.40 bits per heavy atom. The summed E-state index contributed by atoms with van der Waals surface area (Å²) in [4.78, 5) is 65.9. The quantitative estimate of drug-likeness (QED) is 0.130. The molecule has 3 aromatic rings. The van der Waals surface area contributed by atoms with Gasteiger partial charge in [-0.05, 0) is 42.4 Å². The van der Waals surface area contributed by atoms with Crippen LogP contribution >= 0.6 is 0 Å². The van der Waals surface area contributed by atoms with Crippen LogP contribution in [0.4, 0.5) is 0 Å². The van der Waals surface area contributed by atoms with Crippen LogP contribution in [0.3, 0.4) is 0 Å². The van der Waals surface area contributed by atoms with E-state index in [0.717, 1.165) is 16.5 Å². The third-order valence-electron chi connectivity index (χ3n) is 6.97. The molecule has 8 N–H and O–H groups in total. The number of nitrogens with one attached hydrogen (secondary N) is 4. The molecule has 0 spiro atoms. The van der Waals surface area contributed by atoms with Gasteiger partial charge in [-0.15, -0.1) is 0 Å². The van der Waals surface area contributed by atoms with Crippen LogP contribution in [0.15, 0.2) is 60.8 Å². The molecule has 12 nitrogen and oxygen atoms in total. The lowest BCUT2D eigenvalue weighted by molar-refractivity contribution is -0.143. The molecular formula is C31H39N5O7. The number of carboxylic acids is 2. The molecule has 2 aromatic carbocycles. The number of aromatic amines is 1. The second-order valence-corrected chi connectivity index (χ2v) is 10.9. The van der Waals surface area contributed by atoms with E-state index in [-0.39, 0.29) is 31.6 Å². The second kappa shape index (κ2) is 15.5. The Labute approximate surface area is 249 Å². The maximum absolute atomic E-state index is 13.6. The van der Waals surface area contributed by atoms with Gasteiger partial charge in [0, 0.05) is 29.9 Å². The first kappa shape index (κ1) is 32.8. The van der Waals surface area contributed by atoms with Gasteiger partial charge in [0.2, 0.25) is 17.7 Å². The van der Waals surface area contributed by atoms with Crippen molar-refractivity contribution in [1.29, 1.82) is 0 Å². The van der Waals surface area contributed by atoms with E-state index in [2.05, 4.69) is 20.9 Å². The van der Waals surface area contributed by atoms with Gasteiger partial charge in [-0.1, -0.05) is 62.4 Å². The summed E-state index contributed by atoms with van der Waals surface area (Å²) in [5.74, 6) is -4.57. The van der Waals surface area contributed by atoms with Crippen molar-refractivity contribution in [1.82, 2.24) is 20.9 Å². The first-order chi connectivity index (χ1) is 20.4. The Bertz CT molecular complexity index is 1420. The summed E-state index contributed by atoms with van der Waals surface area (Å²) >= 11 is 0. The van der Waals surface area contributed by atoms with Crippen LogP contribution in [0.5, 0.6) is 0 Å². The number of hydrogen-bond acceptors (Lipinski definition) is 6. The van der Waals surface area contributed by atoms with E-state index in [9.17, 15) is 29.1 Å². The average molecular weight is 594 g/mol. The lowest BCUT2D eigenvalue weighted by atomic mass is 9.99. The highest BCUT2D eigenvalue weighted by molar-refractivity contribution is 5.95. The largest absolute Gasteiger partial charge is 0.481 e. The Balaban J connectivity index is 1.82. The molecule has 12 heteroatoms. The predicted octanol–water partition coefficient (Wildman–Crippen LogP) is 1.73. The molecule has 230 valence electrons. The van der Waals surface area contributed by atoms with E-state index in [1.807, 2.05) is 68.4 Å². The van der Waals surface area contributed by atoms with Gasteiger partial charge in [-0.2, -0.15) is 0 Å². The van der Waals surface area contributed by atoms with Crippen molar-refractivity contribution in [3.05, 3.63) is 71.9 Å². The molecular weight excluding hydrogens is 554 g/mol. The number of carboxylic acid groups (broad SMARTS) is 2. The summed E-state index contributed by atoms with van der Waals surface area (Å²) in [5, 5.41) is 27.2. The van der Waals surface area contributed by atoms with Crippen molar-refractivity contribution in [2.75, 3.05) is 0 Å². The highest BCUT2D eigenvalue weighted by Gasteiger charge is 2.31. The minimum Gasteiger partial charge on any atom is -0.481 e. The summed E-state index contributed by atoms with van der Waals surface area (Å²) in [6, 6.07) is 11.9. The zero-order chi connectivity index (χ0) is 31.5. The number of carbonyl (C=O) groups excluding carboxylic acids is 3. The molecule has 1 aromatic heterocycles. The molecule has 0 radical (unpaired) electrons. The van der Waals surface area contributed by atoms with Gasteiger partial charge in [0.15, 0.2) is 0 Å². The summed E-state index contributed by atoms with van der Waals surface area (Å²) < 4.78 is 0. The number of aromatic nitrogens is 1. The van der Waals surface area contributed by atoms with E-state index in [4.69, 9.17) is 10.8 Å². The van der Waals surface area contributed by atoms with Crippen molar-refractivity contribution in [2.45, 2.75) is 70.1 Å². The number of aliphatic carboxylic acids is 2. The first-order valence-electron chi connectivity index (χ1n) is 14.1. The van der Waals surface area contributed by atoms with Crippen LogP contribution in [0.1, 0.15) is 44.2 Å². The van der Waals surface area contributed by atoms with Gasteiger partial charge in [0.05, 0.1) is 6.04 Å². The normalized spacial score (nSPS) is 14.0. The molecule has 4 atom stereocenters. The zero-order valence-electron chi connectivity index (χ0n) is 24.2. The summed E-state index contributed by atoms with van der Waals surface area (Å²) in [7, 11) is 0. The lowest BCUT2D eigenvalue weighted by Crippen LogP contribution is -2.58. The maximum atomic E-state index is 13.6. The Morgan fingerprint density at radius 3 is 2.05 bits per heavy atom. The van der Waals surface area contributed by atoms with Gasteiger partial charge in [-0.25, -0.2) is 4.79 Å². The monoisotopic (exact) mass is 593 g/mol. The van der Waals surface area contributed by atoms with Crippen molar-refractivity contribution in [2.24, 2.45) is 11.7 Å². The molecule has 3 amide bonds. The zero-order valence-corrected chi connectivity index (χ0v) is 24.2. The smallest absolute Gasteiger partial charge is 0.326 e. The Hall–Kier alpha value is -4.71. The van der Waals surface area contributed by atoms with Crippen LogP contribution in [-0.2, 0) is 36.8 Å². The van der Waals surface area contributed by atoms with Crippen LogP contribution < -0.4 is 21.7 Å². The van der Waals surface area contributed by atoms with Crippen LogP contribution in [0.2, 0.25) is 0 Å². The van der Waals surface area contributed by atoms with Gasteiger partial charge < -0.3 is 36.9 Å². The number of nitrogens with two attached hydrogens (primary N) is 1. The first-order valence-corrected chi connectivity index (χ1v) is 14.1. The molecule has 0 aliphatic carbocycles. The average Bonchev–Trinajstić information content (AvgIpc) is 3.37. The number of amides is 3. The topological polar surface area (TPSA) is 204 Å². The molecule has 0 fully saturated rings. The van der Waals surface area contributed by atoms with E-state index in [0.29, 0.717) is 5.56 Å². The van der Waals surface area contributed by atoms with Crippen LogP contribution in [-0.4, -0.2) is 69.0 Å². The van der Waals surface area contributed by atoms with Gasteiger partial charge in [0.1, 0.15) is 18.1 Å². The number of H-pyrrole nitrogens is 1. The third-order valence-corrected chi connectivity index (χ3v) is 6.97. The Morgan fingerprint density at radius 1 is 0.791 bits per heavy atom. The highest BCUT2D eigenvalue weighted by Crippen LogP contribution is 2.19. The number of benzene rings is 2. The second-order valence-electron chi connectivity index (χ2n) is 10.9. The predicted molar refractivity (Wildman–Crippen MR) is 160 cm³/mol. The number of carbonyl (C=O) groups is 5. The molecule has 0 bridgehead atoms.